The molecule has 0 aromatic rings. The van der Waals surface area contributed by atoms with Crippen molar-refractivity contribution in [1.29, 1.82) is 0 Å². The number of aliphatic carboxylic acids is 1. The van der Waals surface area contributed by atoms with Gasteiger partial charge < -0.3 is 20.1 Å². The van der Waals surface area contributed by atoms with E-state index in [4.69, 9.17) is 0 Å². The van der Waals surface area contributed by atoms with Crippen molar-refractivity contribution in [2.75, 3.05) is 12.3 Å². The largest absolute Gasteiger partial charge is 0.548 e. The first-order chi connectivity index (χ1) is 14.4. The van der Waals surface area contributed by atoms with Gasteiger partial charge in [-0.05, 0) is 64.2 Å². The van der Waals surface area contributed by atoms with E-state index in [1.165, 1.54) is 76.0 Å². The SMILES string of the molecule is C1CCC([NH2+]C2CCCCC2)CC1.CC(=O)SCC(C)C(=O)N1CCC[C@H]1C(=O)[O-]. The first-order valence-corrected chi connectivity index (χ1v) is 12.9. The van der Waals surface area contributed by atoms with Gasteiger partial charge in [-0.25, -0.2) is 0 Å². The van der Waals surface area contributed by atoms with Crippen molar-refractivity contribution >= 4 is 28.8 Å². The van der Waals surface area contributed by atoms with Crippen LogP contribution in [-0.4, -0.2) is 52.3 Å². The second-order valence-electron chi connectivity index (χ2n) is 9.20. The van der Waals surface area contributed by atoms with Crippen LogP contribution in [0.15, 0.2) is 0 Å². The summed E-state index contributed by atoms with van der Waals surface area (Å²) < 4.78 is 0. The van der Waals surface area contributed by atoms with Gasteiger partial charge in [-0.3, -0.25) is 9.59 Å². The van der Waals surface area contributed by atoms with Crippen molar-refractivity contribution in [3.8, 4) is 0 Å². The number of quaternary nitrogens is 1. The molecule has 1 heterocycles. The molecule has 3 fully saturated rings. The molecule has 1 amide bonds. The summed E-state index contributed by atoms with van der Waals surface area (Å²) in [6.45, 7) is 3.62. The van der Waals surface area contributed by atoms with Crippen molar-refractivity contribution in [2.24, 2.45) is 5.92 Å². The van der Waals surface area contributed by atoms with Crippen LogP contribution < -0.4 is 10.4 Å². The Morgan fingerprint density at radius 2 is 1.47 bits per heavy atom. The van der Waals surface area contributed by atoms with Gasteiger partial charge in [0.05, 0.1) is 24.1 Å². The molecular weight excluding hydrogens is 400 g/mol. The van der Waals surface area contributed by atoms with Gasteiger partial charge in [0.25, 0.3) is 0 Å². The number of carbonyl (C=O) groups is 3. The van der Waals surface area contributed by atoms with Crippen LogP contribution in [0.25, 0.3) is 0 Å². The Morgan fingerprint density at radius 1 is 0.933 bits per heavy atom. The van der Waals surface area contributed by atoms with E-state index in [1.807, 2.05) is 0 Å². The van der Waals surface area contributed by atoms with E-state index in [2.05, 4.69) is 5.32 Å². The predicted molar refractivity (Wildman–Crippen MR) is 118 cm³/mol. The lowest BCUT2D eigenvalue weighted by atomic mass is 9.91. The number of rotatable bonds is 6. The maximum absolute atomic E-state index is 12.0. The van der Waals surface area contributed by atoms with Gasteiger partial charge in [-0.2, -0.15) is 0 Å². The highest BCUT2D eigenvalue weighted by atomic mass is 32.2. The van der Waals surface area contributed by atoms with E-state index in [1.54, 1.807) is 6.92 Å². The average Bonchev–Trinajstić information content (AvgIpc) is 3.24. The van der Waals surface area contributed by atoms with Crippen LogP contribution in [0.2, 0.25) is 0 Å². The summed E-state index contributed by atoms with van der Waals surface area (Å²) >= 11 is 1.09. The number of nitrogens with two attached hydrogens (primary N) is 1. The number of hydrogen-bond donors (Lipinski definition) is 1. The standard InChI is InChI=1S/C12H23N.C11H17NO4S/c1-3-7-11(8-4-1)13-12-9-5-2-6-10-12;1-7(6-17-8(2)13)10(14)12-5-3-4-9(12)11(15)16/h11-13H,1-10H2;7,9H,3-6H2,1-2H3,(H,15,16)/t;7?,9-/m.0/s1. The highest BCUT2D eigenvalue weighted by molar-refractivity contribution is 8.13. The first-order valence-electron chi connectivity index (χ1n) is 11.9. The van der Waals surface area contributed by atoms with Gasteiger partial charge in [0.2, 0.25) is 5.91 Å². The molecule has 0 bridgehead atoms. The fraction of sp³-hybridized carbons (Fsp3) is 0.870. The van der Waals surface area contributed by atoms with Crippen molar-refractivity contribution in [3.63, 3.8) is 0 Å². The van der Waals surface area contributed by atoms with Gasteiger partial charge in [0.15, 0.2) is 5.12 Å². The maximum Gasteiger partial charge on any atom is 0.226 e. The molecule has 2 aliphatic carbocycles. The Morgan fingerprint density at radius 3 is 1.93 bits per heavy atom. The number of thioether (sulfide) groups is 1. The smallest absolute Gasteiger partial charge is 0.226 e. The molecule has 3 aliphatic rings. The van der Waals surface area contributed by atoms with Crippen LogP contribution in [0.3, 0.4) is 0 Å². The van der Waals surface area contributed by atoms with E-state index >= 15 is 0 Å². The molecule has 1 saturated heterocycles. The summed E-state index contributed by atoms with van der Waals surface area (Å²) in [5, 5.41) is 13.5. The predicted octanol–water partition coefficient (Wildman–Crippen LogP) is 1.86. The van der Waals surface area contributed by atoms with Crippen LogP contribution in [0.5, 0.6) is 0 Å². The van der Waals surface area contributed by atoms with Gasteiger partial charge in [-0.1, -0.05) is 31.5 Å². The molecule has 2 saturated carbocycles. The average molecular weight is 441 g/mol. The monoisotopic (exact) mass is 440 g/mol. The van der Waals surface area contributed by atoms with E-state index in [-0.39, 0.29) is 16.9 Å². The minimum absolute atomic E-state index is 0.0393. The summed E-state index contributed by atoms with van der Waals surface area (Å²) in [4.78, 5) is 35.0. The second-order valence-corrected chi connectivity index (χ2v) is 10.4. The minimum Gasteiger partial charge on any atom is -0.548 e. The van der Waals surface area contributed by atoms with Gasteiger partial charge >= 0.3 is 0 Å². The van der Waals surface area contributed by atoms with Crippen LogP contribution in [0, 0.1) is 5.92 Å². The quantitative estimate of drug-likeness (QED) is 0.680. The minimum atomic E-state index is -1.19. The number of amides is 1. The first kappa shape index (κ1) is 25.2. The lowest BCUT2D eigenvalue weighted by molar-refractivity contribution is -0.725. The summed E-state index contributed by atoms with van der Waals surface area (Å²) in [6.07, 6.45) is 16.1. The van der Waals surface area contributed by atoms with Crippen molar-refractivity contribution in [2.45, 2.75) is 109 Å². The Labute approximate surface area is 185 Å². The van der Waals surface area contributed by atoms with Crippen LogP contribution in [0.1, 0.15) is 90.9 Å². The van der Waals surface area contributed by atoms with Crippen molar-refractivity contribution < 1.29 is 24.8 Å². The molecule has 1 unspecified atom stereocenters. The lowest BCUT2D eigenvalue weighted by Gasteiger charge is -2.27. The van der Waals surface area contributed by atoms with Crippen molar-refractivity contribution in [1.82, 2.24) is 4.90 Å². The molecule has 2 N–H and O–H groups in total. The molecular formula is C23H40N2O4S. The molecule has 30 heavy (non-hydrogen) atoms. The van der Waals surface area contributed by atoms with Crippen LogP contribution in [-0.2, 0) is 14.4 Å². The zero-order chi connectivity index (χ0) is 21.9. The summed E-state index contributed by atoms with van der Waals surface area (Å²) in [5.41, 5.74) is 0. The summed E-state index contributed by atoms with van der Waals surface area (Å²) in [6, 6.07) is 1.20. The molecule has 3 rings (SSSR count). The Kier molecular flexibility index (Phi) is 11.2. The van der Waals surface area contributed by atoms with Gasteiger partial charge in [0.1, 0.15) is 0 Å². The van der Waals surface area contributed by atoms with Crippen molar-refractivity contribution in [3.05, 3.63) is 0 Å². The highest BCUT2D eigenvalue weighted by Gasteiger charge is 2.32. The third-order valence-corrected chi connectivity index (χ3v) is 7.68. The lowest BCUT2D eigenvalue weighted by Crippen LogP contribution is -2.95. The Balaban J connectivity index is 0.000000220. The molecule has 2 atom stereocenters. The van der Waals surface area contributed by atoms with Gasteiger partial charge in [0, 0.05) is 25.1 Å². The Bertz CT molecular complexity index is 543. The summed E-state index contributed by atoms with van der Waals surface area (Å²) in [7, 11) is 0. The third kappa shape index (κ3) is 8.58. The normalized spacial score (nSPS) is 24.1. The van der Waals surface area contributed by atoms with E-state index in [0.717, 1.165) is 23.8 Å². The molecule has 6 nitrogen and oxygen atoms in total. The third-order valence-electron chi connectivity index (χ3n) is 6.61. The van der Waals surface area contributed by atoms with Crippen LogP contribution >= 0.6 is 11.8 Å². The molecule has 0 aromatic heterocycles. The fourth-order valence-electron chi connectivity index (χ4n) is 4.91. The molecule has 0 radical (unpaired) electrons. The zero-order valence-corrected chi connectivity index (χ0v) is 19.6. The van der Waals surface area contributed by atoms with Gasteiger partial charge in [-0.15, -0.1) is 0 Å². The number of nitrogens with zero attached hydrogens (tertiary/aromatic N) is 1. The van der Waals surface area contributed by atoms with E-state index in [0.29, 0.717) is 25.1 Å². The molecule has 0 spiro atoms. The van der Waals surface area contributed by atoms with E-state index < -0.39 is 12.0 Å². The zero-order valence-electron chi connectivity index (χ0n) is 18.8. The number of likely N-dealkylation sites (tertiary alicyclic amines) is 1. The fourth-order valence-corrected chi connectivity index (χ4v) is 5.54. The molecule has 172 valence electrons. The molecule has 7 heteroatoms. The second kappa shape index (κ2) is 13.4. The van der Waals surface area contributed by atoms with Crippen LogP contribution in [0.4, 0.5) is 0 Å². The summed E-state index contributed by atoms with van der Waals surface area (Å²) in [5.74, 6) is -1.35. The van der Waals surface area contributed by atoms with E-state index in [9.17, 15) is 19.5 Å². The molecule has 1 aliphatic heterocycles. The Hall–Kier alpha value is -1.08. The maximum atomic E-state index is 12.0. The number of hydrogen-bond acceptors (Lipinski definition) is 5. The number of carbonyl (C=O) groups excluding carboxylic acids is 3. The molecule has 0 aromatic carbocycles. The number of carboxylic acid groups (broad SMARTS) is 1. The highest BCUT2D eigenvalue weighted by Crippen LogP contribution is 2.21. The topological polar surface area (TPSA) is 94.1 Å². The number of carboxylic acids is 1.